The number of sulfonamides is 1. The van der Waals surface area contributed by atoms with Gasteiger partial charge in [-0.2, -0.15) is 0 Å². The summed E-state index contributed by atoms with van der Waals surface area (Å²) in [4.78, 5) is 0.303. The molecular formula is C15H24N2O3S. The van der Waals surface area contributed by atoms with Crippen molar-refractivity contribution in [2.24, 2.45) is 17.6 Å². The average Bonchev–Trinajstić information content (AvgIpc) is 3.29. The molecule has 1 unspecified atom stereocenters. The van der Waals surface area contributed by atoms with Gasteiger partial charge in [0.1, 0.15) is 5.75 Å². The van der Waals surface area contributed by atoms with Gasteiger partial charge in [0.05, 0.1) is 12.0 Å². The molecule has 0 heterocycles. The summed E-state index contributed by atoms with van der Waals surface area (Å²) in [5, 5.41) is 0. The predicted molar refractivity (Wildman–Crippen MR) is 82.8 cm³/mol. The molecule has 1 aliphatic carbocycles. The van der Waals surface area contributed by atoms with Crippen LogP contribution in [0, 0.1) is 11.8 Å². The molecular weight excluding hydrogens is 288 g/mol. The lowest BCUT2D eigenvalue weighted by Gasteiger charge is -2.15. The van der Waals surface area contributed by atoms with Gasteiger partial charge in [0.15, 0.2) is 0 Å². The number of hydrogen-bond donors (Lipinski definition) is 2. The van der Waals surface area contributed by atoms with Crippen molar-refractivity contribution in [2.75, 3.05) is 20.2 Å². The Labute approximate surface area is 126 Å². The van der Waals surface area contributed by atoms with Crippen molar-refractivity contribution < 1.29 is 13.2 Å². The van der Waals surface area contributed by atoms with Crippen LogP contribution in [0.2, 0.25) is 0 Å². The number of nitrogens with one attached hydrogen (secondary N) is 1. The zero-order chi connectivity index (χ0) is 15.5. The Bertz CT molecular complexity index is 583. The molecule has 6 heteroatoms. The van der Waals surface area contributed by atoms with E-state index >= 15 is 0 Å². The highest BCUT2D eigenvalue weighted by molar-refractivity contribution is 7.89. The molecule has 1 atom stereocenters. The van der Waals surface area contributed by atoms with E-state index in [1.54, 1.807) is 25.3 Å². The van der Waals surface area contributed by atoms with Crippen molar-refractivity contribution >= 4 is 10.0 Å². The molecule has 0 amide bonds. The Morgan fingerprint density at radius 3 is 2.71 bits per heavy atom. The number of nitrogens with two attached hydrogens (primary N) is 1. The minimum Gasteiger partial charge on any atom is -0.497 e. The first-order valence-electron chi connectivity index (χ1n) is 7.34. The Morgan fingerprint density at radius 2 is 2.14 bits per heavy atom. The van der Waals surface area contributed by atoms with Crippen molar-refractivity contribution in [1.29, 1.82) is 0 Å². The van der Waals surface area contributed by atoms with Crippen LogP contribution in [-0.4, -0.2) is 28.6 Å². The van der Waals surface area contributed by atoms with Crippen LogP contribution < -0.4 is 15.2 Å². The summed E-state index contributed by atoms with van der Waals surface area (Å²) in [6.45, 7) is 2.98. The third-order valence-electron chi connectivity index (χ3n) is 3.99. The Kier molecular flexibility index (Phi) is 5.24. The number of methoxy groups -OCH3 is 1. The highest BCUT2D eigenvalue weighted by Crippen LogP contribution is 2.36. The van der Waals surface area contributed by atoms with E-state index in [0.29, 0.717) is 47.6 Å². The van der Waals surface area contributed by atoms with Crippen LogP contribution in [-0.2, 0) is 16.4 Å². The topological polar surface area (TPSA) is 81.4 Å². The van der Waals surface area contributed by atoms with E-state index in [2.05, 4.69) is 11.6 Å². The molecule has 1 aromatic rings. The summed E-state index contributed by atoms with van der Waals surface area (Å²) >= 11 is 0. The molecule has 118 valence electrons. The van der Waals surface area contributed by atoms with Crippen LogP contribution in [0.5, 0.6) is 5.75 Å². The second kappa shape index (κ2) is 6.77. The Hall–Kier alpha value is -1.11. The highest BCUT2D eigenvalue weighted by atomic mass is 32.2. The van der Waals surface area contributed by atoms with E-state index < -0.39 is 10.0 Å². The standard InChI is InChI=1S/C15H24N2O3S/c1-11(12-3-4-12)10-17-21(18,19)15-6-5-14(20-2)9-13(15)7-8-16/h5-6,9,11-12,17H,3-4,7-8,10,16H2,1-2H3. The minimum absolute atomic E-state index is 0.303. The molecule has 1 aromatic carbocycles. The van der Waals surface area contributed by atoms with E-state index in [-0.39, 0.29) is 0 Å². The lowest BCUT2D eigenvalue weighted by molar-refractivity contribution is 0.413. The van der Waals surface area contributed by atoms with Gasteiger partial charge in [-0.25, -0.2) is 13.1 Å². The van der Waals surface area contributed by atoms with Gasteiger partial charge in [-0.1, -0.05) is 6.92 Å². The maximum absolute atomic E-state index is 12.5. The lowest BCUT2D eigenvalue weighted by atomic mass is 10.1. The van der Waals surface area contributed by atoms with Gasteiger partial charge < -0.3 is 10.5 Å². The molecule has 0 spiro atoms. The van der Waals surface area contributed by atoms with E-state index in [0.717, 1.165) is 0 Å². The van der Waals surface area contributed by atoms with E-state index in [1.165, 1.54) is 12.8 Å². The van der Waals surface area contributed by atoms with E-state index in [9.17, 15) is 8.42 Å². The largest absolute Gasteiger partial charge is 0.497 e. The number of ether oxygens (including phenoxy) is 1. The van der Waals surface area contributed by atoms with E-state index in [1.807, 2.05) is 0 Å². The third-order valence-corrected chi connectivity index (χ3v) is 5.52. The van der Waals surface area contributed by atoms with Crippen molar-refractivity contribution in [1.82, 2.24) is 4.72 Å². The summed E-state index contributed by atoms with van der Waals surface area (Å²) in [6.07, 6.45) is 2.93. The summed E-state index contributed by atoms with van der Waals surface area (Å²) < 4.78 is 32.8. The van der Waals surface area contributed by atoms with Crippen LogP contribution in [0.15, 0.2) is 23.1 Å². The fraction of sp³-hybridized carbons (Fsp3) is 0.600. The van der Waals surface area contributed by atoms with Crippen LogP contribution >= 0.6 is 0 Å². The molecule has 0 aliphatic heterocycles. The van der Waals surface area contributed by atoms with Crippen molar-refractivity contribution in [3.05, 3.63) is 23.8 Å². The fourth-order valence-electron chi connectivity index (χ4n) is 2.45. The quantitative estimate of drug-likeness (QED) is 0.762. The third kappa shape index (κ3) is 4.18. The SMILES string of the molecule is COc1ccc(S(=O)(=O)NCC(C)C2CC2)c(CCN)c1. The molecule has 3 N–H and O–H groups in total. The number of hydrogen-bond acceptors (Lipinski definition) is 4. The Balaban J connectivity index is 2.17. The van der Waals surface area contributed by atoms with Gasteiger partial charge in [0, 0.05) is 6.54 Å². The minimum atomic E-state index is -3.50. The van der Waals surface area contributed by atoms with Crippen molar-refractivity contribution in [3.8, 4) is 5.75 Å². The first-order valence-corrected chi connectivity index (χ1v) is 8.83. The monoisotopic (exact) mass is 312 g/mol. The molecule has 1 aliphatic rings. The van der Waals surface area contributed by atoms with Crippen molar-refractivity contribution in [3.63, 3.8) is 0 Å². The van der Waals surface area contributed by atoms with Crippen molar-refractivity contribution in [2.45, 2.75) is 31.1 Å². The molecule has 0 bridgehead atoms. The maximum Gasteiger partial charge on any atom is 0.240 e. The molecule has 0 aromatic heterocycles. The second-order valence-electron chi connectivity index (χ2n) is 5.68. The zero-order valence-corrected chi connectivity index (χ0v) is 13.4. The van der Waals surface area contributed by atoms with Gasteiger partial charge >= 0.3 is 0 Å². The van der Waals surface area contributed by atoms with Gasteiger partial charge in [-0.05, 0) is 61.4 Å². The summed E-state index contributed by atoms with van der Waals surface area (Å²) in [7, 11) is -1.94. The van der Waals surface area contributed by atoms with Gasteiger partial charge in [-0.3, -0.25) is 0 Å². The maximum atomic E-state index is 12.5. The predicted octanol–water partition coefficient (Wildman–Crippen LogP) is 1.52. The summed E-state index contributed by atoms with van der Waals surface area (Å²) in [5.41, 5.74) is 6.28. The number of rotatable bonds is 8. The second-order valence-corrected chi connectivity index (χ2v) is 7.41. The summed E-state index contributed by atoms with van der Waals surface area (Å²) in [6, 6.07) is 5.00. The first-order chi connectivity index (χ1) is 9.97. The molecule has 0 radical (unpaired) electrons. The smallest absolute Gasteiger partial charge is 0.240 e. The molecule has 21 heavy (non-hydrogen) atoms. The first kappa shape index (κ1) is 16.3. The summed E-state index contributed by atoms with van der Waals surface area (Å²) in [5.74, 6) is 1.70. The zero-order valence-electron chi connectivity index (χ0n) is 12.6. The van der Waals surface area contributed by atoms with Crippen LogP contribution in [0.1, 0.15) is 25.3 Å². The highest BCUT2D eigenvalue weighted by Gasteiger charge is 2.29. The Morgan fingerprint density at radius 1 is 1.43 bits per heavy atom. The average molecular weight is 312 g/mol. The van der Waals surface area contributed by atoms with Crippen LogP contribution in [0.25, 0.3) is 0 Å². The molecule has 1 saturated carbocycles. The lowest BCUT2D eigenvalue weighted by Crippen LogP contribution is -2.30. The van der Waals surface area contributed by atoms with E-state index in [4.69, 9.17) is 10.5 Å². The van der Waals surface area contributed by atoms with Gasteiger partial charge in [0.2, 0.25) is 10.0 Å². The van der Waals surface area contributed by atoms with Gasteiger partial charge in [0.25, 0.3) is 0 Å². The molecule has 5 nitrogen and oxygen atoms in total. The van der Waals surface area contributed by atoms with Gasteiger partial charge in [-0.15, -0.1) is 0 Å². The fourth-order valence-corrected chi connectivity index (χ4v) is 3.84. The van der Waals surface area contributed by atoms with Crippen LogP contribution in [0.3, 0.4) is 0 Å². The number of benzene rings is 1. The molecule has 2 rings (SSSR count). The normalized spacial score (nSPS) is 16.7. The van der Waals surface area contributed by atoms with Crippen LogP contribution in [0.4, 0.5) is 0 Å². The molecule has 1 fully saturated rings. The molecule has 0 saturated heterocycles.